The minimum absolute atomic E-state index is 0.583. The van der Waals surface area contributed by atoms with Crippen LogP contribution in [0, 0.1) is 0 Å². The van der Waals surface area contributed by atoms with Gasteiger partial charge in [0, 0.05) is 36.3 Å². The molecule has 0 fully saturated rings. The van der Waals surface area contributed by atoms with E-state index >= 15 is 0 Å². The molecule has 1 aromatic heterocycles. The Labute approximate surface area is 282 Å². The van der Waals surface area contributed by atoms with E-state index in [1.807, 2.05) is 24.3 Å². The number of rotatable bonds is 2. The second-order valence-corrected chi connectivity index (χ2v) is 14.1. The lowest BCUT2D eigenvalue weighted by atomic mass is 9.56. The second-order valence-electron chi connectivity index (χ2n) is 12.6. The Morgan fingerprint density at radius 3 is 1.62 bits per heavy atom. The zero-order chi connectivity index (χ0) is 31.3. The molecule has 222 valence electrons. The van der Waals surface area contributed by atoms with E-state index in [-0.39, 0.29) is 0 Å². The molecule has 2 aliphatic carbocycles. The fourth-order valence-electron chi connectivity index (χ4n) is 8.65. The minimum atomic E-state index is -1.48. The number of benzene rings is 7. The summed E-state index contributed by atoms with van der Waals surface area (Å²) in [7, 11) is 0. The SMILES string of the molecule is OC1(c2cccc(Cl)c2-c2ccc3sc4ccccc4c3c2)c2ccccc2C2(c3ccccc3-c3ccccc32)c2ccccc21. The zero-order valence-electron chi connectivity index (χ0n) is 25.2. The van der Waals surface area contributed by atoms with Gasteiger partial charge >= 0.3 is 0 Å². The van der Waals surface area contributed by atoms with Crippen LogP contribution in [0.15, 0.2) is 158 Å². The molecule has 0 saturated carbocycles. The highest BCUT2D eigenvalue weighted by atomic mass is 35.5. The lowest BCUT2D eigenvalue weighted by Gasteiger charge is -2.47. The van der Waals surface area contributed by atoms with Crippen molar-refractivity contribution in [2.24, 2.45) is 0 Å². The van der Waals surface area contributed by atoms with Gasteiger partial charge in [-0.15, -0.1) is 11.3 Å². The summed E-state index contributed by atoms with van der Waals surface area (Å²) in [6.45, 7) is 0. The molecule has 1 nitrogen and oxygen atoms in total. The Hall–Kier alpha value is -4.99. The van der Waals surface area contributed by atoms with Crippen molar-refractivity contribution in [1.82, 2.24) is 0 Å². The molecule has 0 aliphatic heterocycles. The Balaban J connectivity index is 1.31. The standard InChI is InChI=1S/C44H27ClOS/c45-39-22-11-21-38(42(39)27-24-25-41-31(26-27)30-14-3-10-23-40(30)47-41)44(46)36-19-8-6-17-34(36)43(35-18-7-9-20-37(35)44)32-15-4-1-12-28(32)29-13-2-5-16-33(29)43/h1-26,46H. The molecule has 0 amide bonds. The number of halogens is 1. The van der Waals surface area contributed by atoms with Gasteiger partial charge in [0.1, 0.15) is 5.60 Å². The van der Waals surface area contributed by atoms with Crippen LogP contribution in [0.2, 0.25) is 5.02 Å². The number of hydrogen-bond donors (Lipinski definition) is 1. The summed E-state index contributed by atoms with van der Waals surface area (Å²) in [5, 5.41) is 16.7. The van der Waals surface area contributed by atoms with E-state index in [2.05, 4.69) is 133 Å². The molecule has 47 heavy (non-hydrogen) atoms. The van der Waals surface area contributed by atoms with E-state index in [1.54, 1.807) is 11.3 Å². The first-order valence-corrected chi connectivity index (χ1v) is 17.1. The average Bonchev–Trinajstić information content (AvgIpc) is 3.64. The van der Waals surface area contributed by atoms with Gasteiger partial charge in [-0.1, -0.05) is 145 Å². The van der Waals surface area contributed by atoms with E-state index < -0.39 is 11.0 Å². The average molecular weight is 639 g/mol. The maximum atomic E-state index is 13.6. The zero-order valence-corrected chi connectivity index (χ0v) is 26.8. The van der Waals surface area contributed by atoms with Gasteiger partial charge in [-0.3, -0.25) is 0 Å². The predicted molar refractivity (Wildman–Crippen MR) is 196 cm³/mol. The monoisotopic (exact) mass is 638 g/mol. The molecule has 8 aromatic rings. The van der Waals surface area contributed by atoms with E-state index in [1.165, 1.54) is 42.4 Å². The van der Waals surface area contributed by atoms with Crippen molar-refractivity contribution in [3.05, 3.63) is 202 Å². The van der Waals surface area contributed by atoms with E-state index in [0.717, 1.165) is 38.9 Å². The highest BCUT2D eigenvalue weighted by molar-refractivity contribution is 7.25. The van der Waals surface area contributed by atoms with Gasteiger partial charge in [-0.25, -0.2) is 0 Å². The number of thiophene rings is 1. The molecule has 0 atom stereocenters. The van der Waals surface area contributed by atoms with Crippen molar-refractivity contribution in [2.45, 2.75) is 11.0 Å². The van der Waals surface area contributed by atoms with Gasteiger partial charge in [0.25, 0.3) is 0 Å². The number of fused-ring (bicyclic) bond motifs is 12. The quantitative estimate of drug-likeness (QED) is 0.200. The van der Waals surface area contributed by atoms with E-state index in [4.69, 9.17) is 11.6 Å². The fourth-order valence-corrected chi connectivity index (χ4v) is 10.0. The van der Waals surface area contributed by atoms with Crippen LogP contribution < -0.4 is 0 Å². The minimum Gasteiger partial charge on any atom is -0.376 e. The number of aliphatic hydroxyl groups is 1. The van der Waals surface area contributed by atoms with Crippen LogP contribution in [0.25, 0.3) is 42.4 Å². The Morgan fingerprint density at radius 2 is 0.957 bits per heavy atom. The number of hydrogen-bond acceptors (Lipinski definition) is 2. The van der Waals surface area contributed by atoms with Crippen molar-refractivity contribution >= 4 is 43.1 Å². The molecule has 0 bridgehead atoms. The first-order chi connectivity index (χ1) is 23.1. The second kappa shape index (κ2) is 9.76. The Bertz CT molecular complexity index is 2480. The van der Waals surface area contributed by atoms with Gasteiger partial charge in [0.2, 0.25) is 0 Å². The molecule has 7 aromatic carbocycles. The summed E-state index contributed by atoms with van der Waals surface area (Å²) in [4.78, 5) is 0. The molecular formula is C44H27ClOS. The van der Waals surface area contributed by atoms with Crippen LogP contribution in [0.3, 0.4) is 0 Å². The van der Waals surface area contributed by atoms with Crippen LogP contribution in [0.1, 0.15) is 38.9 Å². The van der Waals surface area contributed by atoms with Crippen LogP contribution in [0.4, 0.5) is 0 Å². The molecule has 10 rings (SSSR count). The fraction of sp³-hybridized carbons (Fsp3) is 0.0455. The maximum Gasteiger partial charge on any atom is 0.141 e. The van der Waals surface area contributed by atoms with Crippen LogP contribution in [-0.2, 0) is 11.0 Å². The smallest absolute Gasteiger partial charge is 0.141 e. The lowest BCUT2D eigenvalue weighted by molar-refractivity contribution is 0.119. The largest absolute Gasteiger partial charge is 0.376 e. The van der Waals surface area contributed by atoms with Crippen molar-refractivity contribution in [3.63, 3.8) is 0 Å². The molecule has 2 aliphatic rings. The molecule has 1 N–H and O–H groups in total. The first kappa shape index (κ1) is 27.2. The van der Waals surface area contributed by atoms with E-state index in [9.17, 15) is 5.11 Å². The van der Waals surface area contributed by atoms with E-state index in [0.29, 0.717) is 5.02 Å². The Morgan fingerprint density at radius 1 is 0.447 bits per heavy atom. The highest BCUT2D eigenvalue weighted by Gasteiger charge is 2.56. The molecule has 0 unspecified atom stereocenters. The van der Waals surface area contributed by atoms with Crippen molar-refractivity contribution < 1.29 is 5.11 Å². The maximum absolute atomic E-state index is 13.6. The summed E-state index contributed by atoms with van der Waals surface area (Å²) in [5.41, 5.74) is 9.42. The Kier molecular flexibility index (Phi) is 5.64. The third-order valence-electron chi connectivity index (χ3n) is 10.5. The molecular weight excluding hydrogens is 612 g/mol. The normalized spacial score (nSPS) is 14.9. The molecule has 1 heterocycles. The summed E-state index contributed by atoms with van der Waals surface area (Å²) in [6, 6.07) is 55.5. The van der Waals surface area contributed by atoms with Crippen LogP contribution in [0.5, 0.6) is 0 Å². The third kappa shape index (κ3) is 3.42. The van der Waals surface area contributed by atoms with Crippen molar-refractivity contribution in [2.75, 3.05) is 0 Å². The van der Waals surface area contributed by atoms with Gasteiger partial charge < -0.3 is 5.11 Å². The van der Waals surface area contributed by atoms with Crippen LogP contribution >= 0.6 is 22.9 Å². The van der Waals surface area contributed by atoms with Gasteiger partial charge in [-0.2, -0.15) is 0 Å². The lowest BCUT2D eigenvalue weighted by Crippen LogP contribution is -2.44. The van der Waals surface area contributed by atoms with Crippen molar-refractivity contribution in [1.29, 1.82) is 0 Å². The predicted octanol–water partition coefficient (Wildman–Crippen LogP) is 11.3. The summed E-state index contributed by atoms with van der Waals surface area (Å²) >= 11 is 8.99. The van der Waals surface area contributed by atoms with Gasteiger partial charge in [-0.05, 0) is 74.3 Å². The molecule has 0 saturated heterocycles. The summed E-state index contributed by atoms with van der Waals surface area (Å²) < 4.78 is 2.49. The van der Waals surface area contributed by atoms with Crippen LogP contribution in [-0.4, -0.2) is 5.11 Å². The summed E-state index contributed by atoms with van der Waals surface area (Å²) in [6.07, 6.45) is 0. The van der Waals surface area contributed by atoms with Gasteiger partial charge in [0.15, 0.2) is 0 Å². The molecule has 3 heteroatoms. The first-order valence-electron chi connectivity index (χ1n) is 15.9. The third-order valence-corrected chi connectivity index (χ3v) is 11.9. The summed E-state index contributed by atoms with van der Waals surface area (Å²) in [5.74, 6) is 0. The molecule has 1 spiro atoms. The highest BCUT2D eigenvalue weighted by Crippen LogP contribution is 2.63. The molecule has 0 radical (unpaired) electrons. The topological polar surface area (TPSA) is 20.2 Å². The van der Waals surface area contributed by atoms with Gasteiger partial charge in [0.05, 0.1) is 5.41 Å². The van der Waals surface area contributed by atoms with Crippen molar-refractivity contribution in [3.8, 4) is 22.3 Å².